The van der Waals surface area contributed by atoms with Crippen LogP contribution < -0.4 is 9.64 Å². The van der Waals surface area contributed by atoms with E-state index in [1.54, 1.807) is 13.2 Å². The smallest absolute Gasteiger partial charge is 0.162 e. The van der Waals surface area contributed by atoms with Crippen molar-refractivity contribution in [1.29, 1.82) is 0 Å². The summed E-state index contributed by atoms with van der Waals surface area (Å²) in [7, 11) is 1.55. The number of phenols is 1. The molecule has 4 nitrogen and oxygen atoms in total. The average Bonchev–Trinajstić information content (AvgIpc) is 2.31. The van der Waals surface area contributed by atoms with E-state index in [-0.39, 0.29) is 18.2 Å². The van der Waals surface area contributed by atoms with Crippen molar-refractivity contribution in [1.82, 2.24) is 0 Å². The highest BCUT2D eigenvalue weighted by Gasteiger charge is 2.12. The van der Waals surface area contributed by atoms with Crippen LogP contribution in [0.4, 0.5) is 5.69 Å². The highest BCUT2D eigenvalue weighted by Crippen LogP contribution is 2.30. The second-order valence-corrected chi connectivity index (χ2v) is 3.46. The van der Waals surface area contributed by atoms with Gasteiger partial charge in [0.05, 0.1) is 20.3 Å². The number of aromatic hydroxyl groups is 1. The van der Waals surface area contributed by atoms with Gasteiger partial charge in [-0.3, -0.25) is 0 Å². The van der Waals surface area contributed by atoms with Crippen molar-refractivity contribution in [3.05, 3.63) is 18.2 Å². The predicted molar refractivity (Wildman–Crippen MR) is 64.9 cm³/mol. The molecule has 2 rings (SSSR count). The van der Waals surface area contributed by atoms with Crippen LogP contribution >= 0.6 is 12.4 Å². The van der Waals surface area contributed by atoms with Gasteiger partial charge in [-0.15, -0.1) is 12.4 Å². The van der Waals surface area contributed by atoms with Crippen molar-refractivity contribution in [2.75, 3.05) is 38.3 Å². The van der Waals surface area contributed by atoms with E-state index in [9.17, 15) is 5.11 Å². The van der Waals surface area contributed by atoms with Crippen molar-refractivity contribution in [2.45, 2.75) is 0 Å². The first-order chi connectivity index (χ1) is 7.31. The predicted octanol–water partition coefficient (Wildman–Crippen LogP) is 1.66. The van der Waals surface area contributed by atoms with Crippen molar-refractivity contribution < 1.29 is 14.6 Å². The monoisotopic (exact) mass is 245 g/mol. The summed E-state index contributed by atoms with van der Waals surface area (Å²) < 4.78 is 10.3. The average molecular weight is 246 g/mol. The molecule has 0 unspecified atom stereocenters. The SMILES string of the molecule is COc1cc(N2CCOCC2)ccc1O.Cl. The number of rotatable bonds is 2. The minimum Gasteiger partial charge on any atom is -0.504 e. The Morgan fingerprint density at radius 1 is 1.31 bits per heavy atom. The van der Waals surface area contributed by atoms with Gasteiger partial charge in [-0.05, 0) is 12.1 Å². The lowest BCUT2D eigenvalue weighted by Crippen LogP contribution is -2.36. The molecule has 0 bridgehead atoms. The van der Waals surface area contributed by atoms with Crippen LogP contribution in [-0.2, 0) is 4.74 Å². The van der Waals surface area contributed by atoms with Crippen molar-refractivity contribution in [2.24, 2.45) is 0 Å². The molecule has 0 radical (unpaired) electrons. The molecule has 0 amide bonds. The molecule has 1 aliphatic heterocycles. The van der Waals surface area contributed by atoms with Gasteiger partial charge in [0.2, 0.25) is 0 Å². The van der Waals surface area contributed by atoms with Crippen molar-refractivity contribution >= 4 is 18.1 Å². The summed E-state index contributed by atoms with van der Waals surface area (Å²) in [6, 6.07) is 5.40. The molecule has 1 aromatic carbocycles. The standard InChI is InChI=1S/C11H15NO3.ClH/c1-14-11-8-9(2-3-10(11)13)12-4-6-15-7-5-12;/h2-3,8,13H,4-7H2,1H3;1H. The van der Waals surface area contributed by atoms with Gasteiger partial charge in [0, 0.05) is 24.8 Å². The fourth-order valence-electron chi connectivity index (χ4n) is 1.68. The number of benzene rings is 1. The van der Waals surface area contributed by atoms with Gasteiger partial charge in [0.15, 0.2) is 11.5 Å². The number of methoxy groups -OCH3 is 1. The Labute approximate surface area is 101 Å². The van der Waals surface area contributed by atoms with E-state index < -0.39 is 0 Å². The fourth-order valence-corrected chi connectivity index (χ4v) is 1.68. The first-order valence-electron chi connectivity index (χ1n) is 5.01. The normalized spacial score (nSPS) is 15.4. The lowest BCUT2D eigenvalue weighted by atomic mass is 10.2. The Bertz CT molecular complexity index is 340. The zero-order valence-corrected chi connectivity index (χ0v) is 10.00. The van der Waals surface area contributed by atoms with Gasteiger partial charge in [-0.1, -0.05) is 0 Å². The van der Waals surface area contributed by atoms with Crippen LogP contribution in [0.1, 0.15) is 0 Å². The summed E-state index contributed by atoms with van der Waals surface area (Å²) in [4.78, 5) is 2.21. The Balaban J connectivity index is 0.00000128. The maximum Gasteiger partial charge on any atom is 0.162 e. The first kappa shape index (κ1) is 12.9. The molecule has 0 saturated carbocycles. The number of hydrogen-bond donors (Lipinski definition) is 1. The molecular formula is C11H16ClNO3. The van der Waals surface area contributed by atoms with E-state index in [0.717, 1.165) is 32.0 Å². The minimum atomic E-state index is 0. The fraction of sp³-hybridized carbons (Fsp3) is 0.455. The number of anilines is 1. The van der Waals surface area contributed by atoms with Gasteiger partial charge >= 0.3 is 0 Å². The zero-order chi connectivity index (χ0) is 10.7. The van der Waals surface area contributed by atoms with Crippen LogP contribution in [0.2, 0.25) is 0 Å². The van der Waals surface area contributed by atoms with E-state index in [1.807, 2.05) is 12.1 Å². The molecule has 1 aliphatic rings. The lowest BCUT2D eigenvalue weighted by molar-refractivity contribution is 0.122. The summed E-state index contributed by atoms with van der Waals surface area (Å²) in [6.07, 6.45) is 0. The summed E-state index contributed by atoms with van der Waals surface area (Å²) in [5.74, 6) is 0.688. The van der Waals surface area contributed by atoms with Crippen LogP contribution in [0, 0.1) is 0 Å². The van der Waals surface area contributed by atoms with Crippen molar-refractivity contribution in [3.8, 4) is 11.5 Å². The molecule has 90 valence electrons. The third kappa shape index (κ3) is 2.71. The van der Waals surface area contributed by atoms with Gasteiger partial charge in [-0.25, -0.2) is 0 Å². The molecule has 0 spiro atoms. The number of hydrogen-bond acceptors (Lipinski definition) is 4. The molecule has 0 atom stereocenters. The van der Waals surface area contributed by atoms with Gasteiger partial charge in [0.1, 0.15) is 0 Å². The van der Waals surface area contributed by atoms with E-state index in [2.05, 4.69) is 4.90 Å². The second kappa shape index (κ2) is 5.82. The van der Waals surface area contributed by atoms with Gasteiger partial charge < -0.3 is 19.5 Å². The van der Waals surface area contributed by atoms with Crippen molar-refractivity contribution in [3.63, 3.8) is 0 Å². The zero-order valence-electron chi connectivity index (χ0n) is 9.18. The molecule has 0 aromatic heterocycles. The molecule has 5 heteroatoms. The van der Waals surface area contributed by atoms with Gasteiger partial charge in [0.25, 0.3) is 0 Å². The Morgan fingerprint density at radius 2 is 2.00 bits per heavy atom. The highest BCUT2D eigenvalue weighted by molar-refractivity contribution is 5.85. The van der Waals surface area contributed by atoms with Crippen LogP contribution in [0.25, 0.3) is 0 Å². The second-order valence-electron chi connectivity index (χ2n) is 3.46. The molecule has 1 heterocycles. The molecule has 1 aromatic rings. The lowest BCUT2D eigenvalue weighted by Gasteiger charge is -2.29. The van der Waals surface area contributed by atoms with Crippen LogP contribution in [0.15, 0.2) is 18.2 Å². The molecule has 1 N–H and O–H groups in total. The van der Waals surface area contributed by atoms with E-state index in [4.69, 9.17) is 9.47 Å². The summed E-state index contributed by atoms with van der Waals surface area (Å²) >= 11 is 0. The third-order valence-corrected chi connectivity index (χ3v) is 2.54. The number of morpholine rings is 1. The van der Waals surface area contributed by atoms with E-state index in [1.165, 1.54) is 0 Å². The van der Waals surface area contributed by atoms with Gasteiger partial charge in [-0.2, -0.15) is 0 Å². The molecule has 1 fully saturated rings. The molecule has 16 heavy (non-hydrogen) atoms. The Morgan fingerprint density at radius 3 is 2.62 bits per heavy atom. The van der Waals surface area contributed by atoms with E-state index >= 15 is 0 Å². The van der Waals surface area contributed by atoms with Crippen LogP contribution in [0.5, 0.6) is 11.5 Å². The molecule has 1 saturated heterocycles. The highest BCUT2D eigenvalue weighted by atomic mass is 35.5. The number of halogens is 1. The number of phenolic OH excluding ortho intramolecular Hbond substituents is 1. The van der Waals surface area contributed by atoms with E-state index in [0.29, 0.717) is 5.75 Å². The minimum absolute atomic E-state index is 0. The molecular weight excluding hydrogens is 230 g/mol. The maximum absolute atomic E-state index is 9.47. The molecule has 0 aliphatic carbocycles. The topological polar surface area (TPSA) is 41.9 Å². The quantitative estimate of drug-likeness (QED) is 0.861. The maximum atomic E-state index is 9.47. The third-order valence-electron chi connectivity index (χ3n) is 2.54. The van der Waals surface area contributed by atoms with Crippen LogP contribution in [-0.4, -0.2) is 38.5 Å². The Hall–Kier alpha value is -1.13. The summed E-state index contributed by atoms with van der Waals surface area (Å²) in [6.45, 7) is 3.27. The Kier molecular flexibility index (Phi) is 4.71. The summed E-state index contributed by atoms with van der Waals surface area (Å²) in [5.41, 5.74) is 1.06. The van der Waals surface area contributed by atoms with Crippen LogP contribution in [0.3, 0.4) is 0 Å². The number of nitrogens with zero attached hydrogens (tertiary/aromatic N) is 1. The largest absolute Gasteiger partial charge is 0.504 e. The number of ether oxygens (including phenoxy) is 2. The summed E-state index contributed by atoms with van der Waals surface area (Å²) in [5, 5.41) is 9.47. The first-order valence-corrected chi connectivity index (χ1v) is 5.01.